The van der Waals surface area contributed by atoms with E-state index in [-0.39, 0.29) is 12.5 Å². The summed E-state index contributed by atoms with van der Waals surface area (Å²) >= 11 is 11.9. The van der Waals surface area contributed by atoms with Gasteiger partial charge >= 0.3 is 5.96 Å². The monoisotopic (exact) mass is 258 g/mol. The van der Waals surface area contributed by atoms with Gasteiger partial charge in [0.1, 0.15) is 11.8 Å². The van der Waals surface area contributed by atoms with Crippen LogP contribution in [0.3, 0.4) is 0 Å². The van der Waals surface area contributed by atoms with Crippen molar-refractivity contribution in [3.63, 3.8) is 0 Å². The molecule has 1 aromatic carbocycles. The molecule has 0 bridgehead atoms. The van der Waals surface area contributed by atoms with Crippen molar-refractivity contribution in [2.75, 3.05) is 6.54 Å². The molecule has 0 spiro atoms. The first kappa shape index (κ1) is 12.6. The SMILES string of the molecule is N#CC[N+](=C(N)NN)c1cccc(Cl)c1Cl. The average molecular weight is 259 g/mol. The van der Waals surface area contributed by atoms with E-state index in [4.69, 9.17) is 40.0 Å². The van der Waals surface area contributed by atoms with Crippen LogP contribution in [-0.4, -0.2) is 17.1 Å². The van der Waals surface area contributed by atoms with E-state index >= 15 is 0 Å². The van der Waals surface area contributed by atoms with Crippen molar-refractivity contribution in [1.29, 1.82) is 5.26 Å². The molecule has 0 aliphatic carbocycles. The molecule has 16 heavy (non-hydrogen) atoms. The van der Waals surface area contributed by atoms with E-state index in [9.17, 15) is 0 Å². The fraction of sp³-hybridized carbons (Fsp3) is 0.111. The van der Waals surface area contributed by atoms with Gasteiger partial charge in [0.05, 0.1) is 10.0 Å². The summed E-state index contributed by atoms with van der Waals surface area (Å²) < 4.78 is 1.42. The molecular weight excluding hydrogens is 249 g/mol. The molecule has 0 aliphatic heterocycles. The lowest BCUT2D eigenvalue weighted by molar-refractivity contribution is -0.429. The number of nitriles is 1. The quantitative estimate of drug-likeness (QED) is 0.184. The maximum Gasteiger partial charge on any atom is 0.366 e. The highest BCUT2D eigenvalue weighted by atomic mass is 35.5. The normalized spacial score (nSPS) is 11.6. The first-order chi connectivity index (χ1) is 7.61. The van der Waals surface area contributed by atoms with Crippen molar-refractivity contribution in [2.45, 2.75) is 0 Å². The molecule has 0 atom stereocenters. The lowest BCUT2D eigenvalue weighted by Crippen LogP contribution is -2.43. The number of nitrogens with two attached hydrogens (primary N) is 2. The van der Waals surface area contributed by atoms with Crippen LogP contribution in [0, 0.1) is 11.3 Å². The second kappa shape index (κ2) is 5.56. The van der Waals surface area contributed by atoms with E-state index in [0.717, 1.165) is 0 Å². The lowest BCUT2D eigenvalue weighted by atomic mass is 10.3. The standard InChI is InChI=1S/C9H9Cl2N5/c10-6-2-1-3-7(8(6)11)16(5-4-12)9(13)15-14/h1-3H,5,14H2,(H2,13,15)/p+1. The minimum atomic E-state index is 0.0100. The molecule has 1 rings (SSSR count). The Morgan fingerprint density at radius 1 is 1.50 bits per heavy atom. The summed E-state index contributed by atoms with van der Waals surface area (Å²) in [5, 5.41) is 9.40. The van der Waals surface area contributed by atoms with Gasteiger partial charge in [0.2, 0.25) is 0 Å². The summed E-state index contributed by atoms with van der Waals surface area (Å²) in [6.07, 6.45) is 0. The first-order valence-electron chi connectivity index (χ1n) is 4.29. The summed E-state index contributed by atoms with van der Waals surface area (Å²) in [5.74, 6) is 5.31. The third-order valence-electron chi connectivity index (χ3n) is 1.89. The van der Waals surface area contributed by atoms with Gasteiger partial charge in [-0.05, 0) is 12.1 Å². The van der Waals surface area contributed by atoms with E-state index in [1.54, 1.807) is 18.2 Å². The molecule has 84 valence electrons. The number of nitrogens with one attached hydrogen (secondary N) is 1. The summed E-state index contributed by atoms with van der Waals surface area (Å²) in [7, 11) is 0. The number of hydrazine groups is 1. The number of hydrogen-bond donors (Lipinski definition) is 3. The third kappa shape index (κ3) is 2.55. The molecule has 0 fully saturated rings. The van der Waals surface area contributed by atoms with Crippen LogP contribution in [0.4, 0.5) is 5.69 Å². The predicted molar refractivity (Wildman–Crippen MR) is 63.4 cm³/mol. The number of rotatable bonds is 2. The molecule has 5 N–H and O–H groups in total. The largest absolute Gasteiger partial charge is 0.366 e. The molecule has 0 heterocycles. The van der Waals surface area contributed by atoms with Gasteiger partial charge in [0.25, 0.3) is 0 Å². The molecule has 7 heteroatoms. The van der Waals surface area contributed by atoms with E-state index < -0.39 is 0 Å². The van der Waals surface area contributed by atoms with E-state index in [1.807, 2.05) is 6.07 Å². The van der Waals surface area contributed by atoms with E-state index in [0.29, 0.717) is 15.7 Å². The van der Waals surface area contributed by atoms with Crippen LogP contribution in [0.2, 0.25) is 10.0 Å². The highest BCUT2D eigenvalue weighted by molar-refractivity contribution is 6.43. The highest BCUT2D eigenvalue weighted by Gasteiger charge is 2.14. The number of hydrogen-bond acceptors (Lipinski definition) is 2. The van der Waals surface area contributed by atoms with Gasteiger partial charge in [-0.2, -0.15) is 11.1 Å². The Hall–Kier alpha value is -1.48. The fourth-order valence-electron chi connectivity index (χ4n) is 1.15. The number of nitrogens with zero attached hydrogens (tertiary/aromatic N) is 2. The molecule has 0 unspecified atom stereocenters. The maximum absolute atomic E-state index is 8.70. The maximum atomic E-state index is 8.70. The second-order valence-electron chi connectivity index (χ2n) is 2.85. The number of halogens is 2. The van der Waals surface area contributed by atoms with Gasteiger partial charge in [0.15, 0.2) is 6.54 Å². The molecule has 1 aromatic rings. The smallest absolute Gasteiger partial charge is 0.289 e. The Morgan fingerprint density at radius 3 is 2.75 bits per heavy atom. The van der Waals surface area contributed by atoms with Crippen molar-refractivity contribution in [3.05, 3.63) is 28.2 Å². The van der Waals surface area contributed by atoms with Crippen LogP contribution >= 0.6 is 23.2 Å². The van der Waals surface area contributed by atoms with Crippen LogP contribution in [0.25, 0.3) is 0 Å². The number of benzene rings is 1. The van der Waals surface area contributed by atoms with E-state index in [2.05, 4.69) is 5.43 Å². The molecule has 0 amide bonds. The molecule has 5 nitrogen and oxygen atoms in total. The van der Waals surface area contributed by atoms with Gasteiger partial charge in [-0.25, -0.2) is 10.0 Å². The van der Waals surface area contributed by atoms with Crippen LogP contribution < -0.4 is 17.0 Å². The fourth-order valence-corrected chi connectivity index (χ4v) is 1.55. The zero-order chi connectivity index (χ0) is 12.1. The molecule has 0 radical (unpaired) electrons. The van der Waals surface area contributed by atoms with Crippen LogP contribution in [-0.2, 0) is 0 Å². The highest BCUT2D eigenvalue weighted by Crippen LogP contribution is 2.31. The van der Waals surface area contributed by atoms with Gasteiger partial charge in [0, 0.05) is 0 Å². The Kier molecular flexibility index (Phi) is 4.38. The lowest BCUT2D eigenvalue weighted by Gasteiger charge is -2.09. The van der Waals surface area contributed by atoms with Crippen molar-refractivity contribution >= 4 is 34.8 Å². The van der Waals surface area contributed by atoms with Gasteiger partial charge in [-0.3, -0.25) is 5.73 Å². The van der Waals surface area contributed by atoms with Crippen molar-refractivity contribution < 1.29 is 4.58 Å². The van der Waals surface area contributed by atoms with E-state index in [1.165, 1.54) is 4.58 Å². The molecule has 0 saturated carbocycles. The molecule has 0 aromatic heterocycles. The van der Waals surface area contributed by atoms with Crippen molar-refractivity contribution in [3.8, 4) is 6.07 Å². The summed E-state index contributed by atoms with van der Waals surface area (Å²) in [6, 6.07) is 7.00. The Bertz CT molecular complexity index is 463. The topological polar surface area (TPSA) is 90.9 Å². The summed E-state index contributed by atoms with van der Waals surface area (Å²) in [4.78, 5) is 0. The van der Waals surface area contributed by atoms with Crippen LogP contribution in [0.1, 0.15) is 0 Å². The van der Waals surface area contributed by atoms with Gasteiger partial charge < -0.3 is 0 Å². The van der Waals surface area contributed by atoms with Crippen LogP contribution in [0.15, 0.2) is 18.2 Å². The Morgan fingerprint density at radius 2 is 2.19 bits per heavy atom. The molecular formula is C9H10Cl2N5+. The molecule has 0 saturated heterocycles. The second-order valence-corrected chi connectivity index (χ2v) is 3.63. The summed E-state index contributed by atoms with van der Waals surface area (Å²) in [6.45, 7) is 0.0100. The van der Waals surface area contributed by atoms with Gasteiger partial charge in [-0.15, -0.1) is 0 Å². The average Bonchev–Trinajstić information content (AvgIpc) is 2.29. The molecule has 0 aliphatic rings. The first-order valence-corrected chi connectivity index (χ1v) is 5.05. The minimum absolute atomic E-state index is 0.0100. The van der Waals surface area contributed by atoms with Crippen molar-refractivity contribution in [2.24, 2.45) is 11.6 Å². The minimum Gasteiger partial charge on any atom is -0.289 e. The zero-order valence-electron chi connectivity index (χ0n) is 8.24. The third-order valence-corrected chi connectivity index (χ3v) is 2.70. The van der Waals surface area contributed by atoms with Crippen LogP contribution in [0.5, 0.6) is 0 Å². The Labute approximate surface area is 103 Å². The predicted octanol–water partition coefficient (Wildman–Crippen LogP) is 0.939. The zero-order valence-corrected chi connectivity index (χ0v) is 9.76. The summed E-state index contributed by atoms with van der Waals surface area (Å²) in [5.41, 5.74) is 8.39. The van der Waals surface area contributed by atoms with Crippen molar-refractivity contribution in [1.82, 2.24) is 5.43 Å². The number of guanidine groups is 1. The Balaban J connectivity index is 3.34. The van der Waals surface area contributed by atoms with Gasteiger partial charge in [-0.1, -0.05) is 29.3 Å².